The molecule has 4 heteroatoms. The Morgan fingerprint density at radius 3 is 1.73 bits per heavy atom. The van der Waals surface area contributed by atoms with Crippen molar-refractivity contribution in [2.24, 2.45) is 0 Å². The van der Waals surface area contributed by atoms with E-state index in [0.717, 1.165) is 66.1 Å². The molecule has 0 aliphatic rings. The van der Waals surface area contributed by atoms with Gasteiger partial charge in [-0.25, -0.2) is 15.0 Å². The van der Waals surface area contributed by atoms with Crippen LogP contribution in [0.2, 0.25) is 0 Å². The van der Waals surface area contributed by atoms with Crippen molar-refractivity contribution >= 4 is 54.3 Å². The van der Waals surface area contributed by atoms with Crippen LogP contribution >= 0.6 is 0 Å². The van der Waals surface area contributed by atoms with Gasteiger partial charge in [0.05, 0.1) is 5.56 Å². The lowest BCUT2D eigenvalue weighted by atomic mass is 9.92. The summed E-state index contributed by atoms with van der Waals surface area (Å²) in [6, 6.07) is 65.8. The van der Waals surface area contributed by atoms with E-state index in [4.69, 9.17) is 19.4 Å². The molecule has 256 valence electrons. The van der Waals surface area contributed by atoms with E-state index in [1.54, 1.807) is 0 Å². The summed E-state index contributed by atoms with van der Waals surface area (Å²) in [5.41, 5.74) is 8.74. The molecule has 55 heavy (non-hydrogen) atoms. The number of hydrogen-bond acceptors (Lipinski definition) is 4. The highest BCUT2D eigenvalue weighted by Gasteiger charge is 2.21. The first-order chi connectivity index (χ1) is 27.2. The molecular formula is C51H31N3O. The summed E-state index contributed by atoms with van der Waals surface area (Å²) >= 11 is 0. The van der Waals surface area contributed by atoms with Crippen molar-refractivity contribution in [3.63, 3.8) is 0 Å². The monoisotopic (exact) mass is 701 g/mol. The Hall–Kier alpha value is -7.43. The predicted molar refractivity (Wildman–Crippen MR) is 227 cm³/mol. The Balaban J connectivity index is 1.16. The van der Waals surface area contributed by atoms with Crippen molar-refractivity contribution in [3.8, 4) is 56.4 Å². The van der Waals surface area contributed by atoms with Gasteiger partial charge in [0, 0.05) is 21.9 Å². The van der Waals surface area contributed by atoms with Gasteiger partial charge in [-0.15, -0.1) is 0 Å². The minimum Gasteiger partial charge on any atom is -0.455 e. The number of hydrogen-bond donors (Lipinski definition) is 0. The van der Waals surface area contributed by atoms with Crippen molar-refractivity contribution in [1.82, 2.24) is 15.0 Å². The molecule has 0 bridgehead atoms. The Bertz CT molecular complexity index is 3270. The molecule has 0 aliphatic heterocycles. The molecule has 4 nitrogen and oxygen atoms in total. The van der Waals surface area contributed by atoms with Gasteiger partial charge in [-0.2, -0.15) is 0 Å². The number of rotatable bonds is 5. The van der Waals surface area contributed by atoms with Crippen LogP contribution in [0.25, 0.3) is 111 Å². The molecule has 0 radical (unpaired) electrons. The zero-order valence-corrected chi connectivity index (χ0v) is 29.6. The van der Waals surface area contributed by atoms with Gasteiger partial charge in [-0.05, 0) is 72.8 Å². The summed E-state index contributed by atoms with van der Waals surface area (Å²) in [5.74, 6) is 1.75. The van der Waals surface area contributed by atoms with Crippen LogP contribution in [0, 0.1) is 0 Å². The number of furan rings is 1. The molecule has 0 spiro atoms. The molecular weight excluding hydrogens is 671 g/mol. The molecule has 0 aliphatic carbocycles. The largest absolute Gasteiger partial charge is 0.455 e. The fraction of sp³-hybridized carbons (Fsp3) is 0. The second kappa shape index (κ2) is 12.6. The highest BCUT2D eigenvalue weighted by Crippen LogP contribution is 2.41. The SMILES string of the molecule is c1ccc2cc(-c3ccc4ccccc4c3-c3nc(-c4ccc(-c5cccc6ccccc56)cc4)nc(-c4cccc5c4oc4ccccc45)n3)ccc2c1. The van der Waals surface area contributed by atoms with Crippen molar-refractivity contribution in [3.05, 3.63) is 188 Å². The molecule has 0 amide bonds. The molecule has 0 atom stereocenters. The molecule has 0 saturated carbocycles. The first kappa shape index (κ1) is 31.1. The van der Waals surface area contributed by atoms with Crippen molar-refractivity contribution in [1.29, 1.82) is 0 Å². The third-order valence-corrected chi connectivity index (χ3v) is 10.7. The van der Waals surface area contributed by atoms with Crippen LogP contribution in [0.5, 0.6) is 0 Å². The summed E-state index contributed by atoms with van der Waals surface area (Å²) in [4.78, 5) is 15.9. The average molecular weight is 702 g/mol. The third kappa shape index (κ3) is 5.26. The van der Waals surface area contributed by atoms with Crippen molar-refractivity contribution in [2.45, 2.75) is 0 Å². The number of fused-ring (bicyclic) bond motifs is 6. The summed E-state index contributed by atoms with van der Waals surface area (Å²) in [5, 5.41) is 9.09. The normalized spacial score (nSPS) is 11.6. The smallest absolute Gasteiger partial charge is 0.167 e. The molecule has 11 aromatic rings. The topological polar surface area (TPSA) is 51.8 Å². The zero-order chi connectivity index (χ0) is 36.3. The maximum Gasteiger partial charge on any atom is 0.167 e. The van der Waals surface area contributed by atoms with Crippen LogP contribution in [0.15, 0.2) is 192 Å². The van der Waals surface area contributed by atoms with Gasteiger partial charge in [0.1, 0.15) is 11.2 Å². The minimum atomic E-state index is 0.556. The summed E-state index contributed by atoms with van der Waals surface area (Å²) in [6.45, 7) is 0. The van der Waals surface area contributed by atoms with Gasteiger partial charge in [-0.1, -0.05) is 170 Å². The van der Waals surface area contributed by atoms with Gasteiger partial charge in [-0.3, -0.25) is 0 Å². The highest BCUT2D eigenvalue weighted by molar-refractivity contribution is 6.09. The first-order valence-electron chi connectivity index (χ1n) is 18.5. The Labute approximate surface area is 317 Å². The molecule has 0 unspecified atom stereocenters. The summed E-state index contributed by atoms with van der Waals surface area (Å²) in [6.07, 6.45) is 0. The number of para-hydroxylation sites is 2. The Kier molecular flexibility index (Phi) is 7.14. The lowest BCUT2D eigenvalue weighted by molar-refractivity contribution is 0.669. The lowest BCUT2D eigenvalue weighted by Crippen LogP contribution is -2.02. The third-order valence-electron chi connectivity index (χ3n) is 10.7. The Morgan fingerprint density at radius 2 is 0.873 bits per heavy atom. The van der Waals surface area contributed by atoms with Gasteiger partial charge in [0.15, 0.2) is 17.5 Å². The minimum absolute atomic E-state index is 0.556. The maximum absolute atomic E-state index is 6.53. The van der Waals surface area contributed by atoms with Gasteiger partial charge in [0.2, 0.25) is 0 Å². The number of nitrogens with zero attached hydrogens (tertiary/aromatic N) is 3. The fourth-order valence-corrected chi connectivity index (χ4v) is 8.05. The van der Waals surface area contributed by atoms with Crippen LogP contribution in [0.1, 0.15) is 0 Å². The summed E-state index contributed by atoms with van der Waals surface area (Å²) in [7, 11) is 0. The van der Waals surface area contributed by atoms with E-state index < -0.39 is 0 Å². The molecule has 9 aromatic carbocycles. The van der Waals surface area contributed by atoms with E-state index in [-0.39, 0.29) is 0 Å². The van der Waals surface area contributed by atoms with Gasteiger partial charge in [0.25, 0.3) is 0 Å². The molecule has 0 saturated heterocycles. The molecule has 2 heterocycles. The molecule has 11 rings (SSSR count). The zero-order valence-electron chi connectivity index (χ0n) is 29.6. The van der Waals surface area contributed by atoms with Crippen LogP contribution in [-0.4, -0.2) is 15.0 Å². The van der Waals surface area contributed by atoms with Gasteiger partial charge >= 0.3 is 0 Å². The molecule has 0 fully saturated rings. The molecule has 2 aromatic heterocycles. The number of benzene rings is 9. The molecule has 0 N–H and O–H groups in total. The van der Waals surface area contributed by atoms with Crippen LogP contribution < -0.4 is 0 Å². The van der Waals surface area contributed by atoms with Crippen LogP contribution in [0.3, 0.4) is 0 Å². The first-order valence-corrected chi connectivity index (χ1v) is 18.5. The fourth-order valence-electron chi connectivity index (χ4n) is 8.05. The summed E-state index contributed by atoms with van der Waals surface area (Å²) < 4.78 is 6.53. The number of aromatic nitrogens is 3. The van der Waals surface area contributed by atoms with Crippen molar-refractivity contribution in [2.75, 3.05) is 0 Å². The van der Waals surface area contributed by atoms with E-state index >= 15 is 0 Å². The Morgan fingerprint density at radius 1 is 0.309 bits per heavy atom. The quantitative estimate of drug-likeness (QED) is 0.179. The van der Waals surface area contributed by atoms with Crippen LogP contribution in [-0.2, 0) is 0 Å². The van der Waals surface area contributed by atoms with E-state index in [9.17, 15) is 0 Å². The van der Waals surface area contributed by atoms with E-state index in [1.165, 1.54) is 27.1 Å². The van der Waals surface area contributed by atoms with Crippen molar-refractivity contribution < 1.29 is 4.42 Å². The second-order valence-corrected chi connectivity index (χ2v) is 14.0. The lowest BCUT2D eigenvalue weighted by Gasteiger charge is -2.15. The highest BCUT2D eigenvalue weighted by atomic mass is 16.3. The van der Waals surface area contributed by atoms with E-state index in [2.05, 4.69) is 164 Å². The maximum atomic E-state index is 6.53. The van der Waals surface area contributed by atoms with E-state index in [0.29, 0.717) is 17.5 Å². The predicted octanol–water partition coefficient (Wildman–Crippen LogP) is 13.6. The standard InChI is InChI=1S/C51H31N3O/c1-2-14-37-31-38(28-23-32(37)11-1)42-30-29-34-13-4-6-17-41(34)47(42)51-53-49(36-26-24-35(25-27-36)40-19-9-15-33-12-3-5-16-39(33)40)52-50(54-51)45-21-10-20-44-43-18-7-8-22-46(43)55-48(44)45/h1-31H. The second-order valence-electron chi connectivity index (χ2n) is 14.0. The van der Waals surface area contributed by atoms with Crippen LogP contribution in [0.4, 0.5) is 0 Å². The van der Waals surface area contributed by atoms with E-state index in [1.807, 2.05) is 24.3 Å². The van der Waals surface area contributed by atoms with Gasteiger partial charge < -0.3 is 4.42 Å². The average Bonchev–Trinajstić information content (AvgIpc) is 3.64.